The van der Waals surface area contributed by atoms with Crippen LogP contribution >= 0.6 is 11.3 Å². The maximum Gasteiger partial charge on any atom is 0.250 e. The zero-order chi connectivity index (χ0) is 13.9. The van der Waals surface area contributed by atoms with Crippen LogP contribution in [0.25, 0.3) is 0 Å². The van der Waals surface area contributed by atoms with Gasteiger partial charge in [-0.2, -0.15) is 0 Å². The average Bonchev–Trinajstić information content (AvgIpc) is 2.85. The van der Waals surface area contributed by atoms with Gasteiger partial charge >= 0.3 is 0 Å². The number of carbonyl (C=O) groups is 1. The number of aryl methyl sites for hydroxylation is 1. The SMILES string of the molecule is Cc1ccc(S(=O)(=O)NCC(=O)N2CCOCC2)s1. The van der Waals surface area contributed by atoms with Gasteiger partial charge < -0.3 is 9.64 Å². The van der Waals surface area contributed by atoms with Crippen LogP contribution in [0.2, 0.25) is 0 Å². The highest BCUT2D eigenvalue weighted by atomic mass is 32.2. The average molecular weight is 304 g/mol. The molecule has 0 aromatic carbocycles. The molecule has 106 valence electrons. The van der Waals surface area contributed by atoms with Crippen molar-refractivity contribution in [2.75, 3.05) is 32.8 Å². The van der Waals surface area contributed by atoms with Crippen LogP contribution in [0.15, 0.2) is 16.3 Å². The molecule has 1 saturated heterocycles. The summed E-state index contributed by atoms with van der Waals surface area (Å²) in [4.78, 5) is 14.3. The van der Waals surface area contributed by atoms with E-state index in [9.17, 15) is 13.2 Å². The van der Waals surface area contributed by atoms with Gasteiger partial charge in [-0.3, -0.25) is 4.79 Å². The summed E-state index contributed by atoms with van der Waals surface area (Å²) >= 11 is 1.19. The molecule has 0 radical (unpaired) electrons. The Hall–Kier alpha value is -0.960. The van der Waals surface area contributed by atoms with E-state index in [1.54, 1.807) is 17.0 Å². The molecule has 0 unspecified atom stereocenters. The number of nitrogens with one attached hydrogen (secondary N) is 1. The maximum atomic E-state index is 11.9. The lowest BCUT2D eigenvalue weighted by Gasteiger charge is -2.26. The van der Waals surface area contributed by atoms with Gasteiger partial charge in [0.15, 0.2) is 0 Å². The molecule has 6 nitrogen and oxygen atoms in total. The molecule has 0 bridgehead atoms. The van der Waals surface area contributed by atoms with Crippen LogP contribution in [0.1, 0.15) is 4.88 Å². The number of morpholine rings is 1. The van der Waals surface area contributed by atoms with Crippen molar-refractivity contribution in [3.8, 4) is 0 Å². The van der Waals surface area contributed by atoms with E-state index < -0.39 is 10.0 Å². The summed E-state index contributed by atoms with van der Waals surface area (Å²) in [6.45, 7) is 3.66. The van der Waals surface area contributed by atoms with Crippen LogP contribution in [-0.4, -0.2) is 52.1 Å². The molecular weight excluding hydrogens is 288 g/mol. The van der Waals surface area contributed by atoms with E-state index in [-0.39, 0.29) is 16.7 Å². The molecule has 1 N–H and O–H groups in total. The van der Waals surface area contributed by atoms with Crippen molar-refractivity contribution in [1.29, 1.82) is 0 Å². The molecule has 1 aliphatic rings. The van der Waals surface area contributed by atoms with Gasteiger partial charge in [-0.1, -0.05) is 0 Å². The molecule has 1 aromatic rings. The topological polar surface area (TPSA) is 75.7 Å². The van der Waals surface area contributed by atoms with Gasteiger partial charge in [-0.05, 0) is 19.1 Å². The van der Waals surface area contributed by atoms with Gasteiger partial charge in [-0.25, -0.2) is 13.1 Å². The number of thiophene rings is 1. The van der Waals surface area contributed by atoms with Crippen LogP contribution in [0.5, 0.6) is 0 Å². The number of nitrogens with zero attached hydrogens (tertiary/aromatic N) is 1. The number of hydrogen-bond donors (Lipinski definition) is 1. The largest absolute Gasteiger partial charge is 0.378 e. The normalized spacial score (nSPS) is 16.6. The van der Waals surface area contributed by atoms with E-state index in [1.807, 2.05) is 6.92 Å². The number of amides is 1. The van der Waals surface area contributed by atoms with Crippen LogP contribution in [0, 0.1) is 6.92 Å². The minimum atomic E-state index is -3.58. The smallest absolute Gasteiger partial charge is 0.250 e. The first-order chi connectivity index (χ1) is 8.99. The Bertz CT molecular complexity index is 547. The second-order valence-corrected chi connectivity index (χ2v) is 7.46. The van der Waals surface area contributed by atoms with Crippen LogP contribution in [-0.2, 0) is 19.6 Å². The lowest BCUT2D eigenvalue weighted by molar-refractivity contribution is -0.133. The third-order valence-electron chi connectivity index (χ3n) is 2.76. The van der Waals surface area contributed by atoms with Gasteiger partial charge in [0, 0.05) is 18.0 Å². The van der Waals surface area contributed by atoms with Crippen molar-refractivity contribution in [1.82, 2.24) is 9.62 Å². The fraction of sp³-hybridized carbons (Fsp3) is 0.545. The molecular formula is C11H16N2O4S2. The molecule has 0 aliphatic carbocycles. The molecule has 0 atom stereocenters. The molecule has 0 saturated carbocycles. The van der Waals surface area contributed by atoms with Crippen molar-refractivity contribution in [2.45, 2.75) is 11.1 Å². The number of sulfonamides is 1. The number of carbonyl (C=O) groups excluding carboxylic acids is 1. The number of hydrogen-bond acceptors (Lipinski definition) is 5. The molecule has 2 heterocycles. The standard InChI is InChI=1S/C11H16N2O4S2/c1-9-2-3-11(18-9)19(15,16)12-8-10(14)13-4-6-17-7-5-13/h2-3,12H,4-8H2,1H3. The van der Waals surface area contributed by atoms with Gasteiger partial charge in [-0.15, -0.1) is 11.3 Å². The lowest BCUT2D eigenvalue weighted by Crippen LogP contribution is -2.45. The predicted octanol–water partition coefficient (Wildman–Crippen LogP) is 0.194. The summed E-state index contributed by atoms with van der Waals surface area (Å²) in [5, 5.41) is 0. The molecule has 1 aromatic heterocycles. The zero-order valence-corrected chi connectivity index (χ0v) is 12.2. The molecule has 2 rings (SSSR count). The first kappa shape index (κ1) is 14.4. The number of ether oxygens (including phenoxy) is 1. The Labute approximate surface area is 116 Å². The minimum Gasteiger partial charge on any atom is -0.378 e. The van der Waals surface area contributed by atoms with E-state index in [2.05, 4.69) is 4.72 Å². The van der Waals surface area contributed by atoms with Crippen molar-refractivity contribution in [3.63, 3.8) is 0 Å². The fourth-order valence-corrected chi connectivity index (χ4v) is 4.01. The predicted molar refractivity (Wildman–Crippen MR) is 71.6 cm³/mol. The van der Waals surface area contributed by atoms with Gasteiger partial charge in [0.25, 0.3) is 10.0 Å². The fourth-order valence-electron chi connectivity index (χ4n) is 1.71. The van der Waals surface area contributed by atoms with Gasteiger partial charge in [0.1, 0.15) is 4.21 Å². The monoisotopic (exact) mass is 304 g/mol. The van der Waals surface area contributed by atoms with Crippen molar-refractivity contribution in [3.05, 3.63) is 17.0 Å². The van der Waals surface area contributed by atoms with E-state index in [0.717, 1.165) is 4.88 Å². The summed E-state index contributed by atoms with van der Waals surface area (Å²) in [6, 6.07) is 3.28. The Morgan fingerprint density at radius 1 is 1.42 bits per heavy atom. The summed E-state index contributed by atoms with van der Waals surface area (Å²) in [6.07, 6.45) is 0. The van der Waals surface area contributed by atoms with Crippen molar-refractivity contribution < 1.29 is 17.9 Å². The molecule has 1 amide bonds. The minimum absolute atomic E-state index is 0.209. The molecule has 1 fully saturated rings. The molecule has 8 heteroatoms. The first-order valence-electron chi connectivity index (χ1n) is 5.91. The molecule has 19 heavy (non-hydrogen) atoms. The third kappa shape index (κ3) is 3.75. The van der Waals surface area contributed by atoms with E-state index in [0.29, 0.717) is 26.3 Å². The number of rotatable bonds is 4. The van der Waals surface area contributed by atoms with Gasteiger partial charge in [0.05, 0.1) is 19.8 Å². The van der Waals surface area contributed by atoms with E-state index >= 15 is 0 Å². The first-order valence-corrected chi connectivity index (χ1v) is 8.20. The Kier molecular flexibility index (Phi) is 4.56. The second kappa shape index (κ2) is 6.00. The molecule has 0 spiro atoms. The van der Waals surface area contributed by atoms with Crippen LogP contribution in [0.4, 0.5) is 0 Å². The van der Waals surface area contributed by atoms with Crippen molar-refractivity contribution in [2.24, 2.45) is 0 Å². The van der Waals surface area contributed by atoms with Gasteiger partial charge in [0.2, 0.25) is 5.91 Å². The summed E-state index contributed by atoms with van der Waals surface area (Å²) < 4.78 is 31.6. The summed E-state index contributed by atoms with van der Waals surface area (Å²) in [7, 11) is -3.58. The highest BCUT2D eigenvalue weighted by molar-refractivity contribution is 7.91. The maximum absolute atomic E-state index is 11.9. The van der Waals surface area contributed by atoms with Crippen LogP contribution in [0.3, 0.4) is 0 Å². The Balaban J connectivity index is 1.92. The van der Waals surface area contributed by atoms with Crippen LogP contribution < -0.4 is 4.72 Å². The summed E-state index contributed by atoms with van der Waals surface area (Å²) in [5.41, 5.74) is 0. The van der Waals surface area contributed by atoms with E-state index in [1.165, 1.54) is 11.3 Å². The highest BCUT2D eigenvalue weighted by Gasteiger charge is 2.21. The highest BCUT2D eigenvalue weighted by Crippen LogP contribution is 2.20. The zero-order valence-electron chi connectivity index (χ0n) is 10.6. The Morgan fingerprint density at radius 3 is 2.68 bits per heavy atom. The quantitative estimate of drug-likeness (QED) is 0.862. The van der Waals surface area contributed by atoms with E-state index in [4.69, 9.17) is 4.74 Å². The van der Waals surface area contributed by atoms with Crippen molar-refractivity contribution >= 4 is 27.3 Å². The second-order valence-electron chi connectivity index (χ2n) is 4.18. The lowest BCUT2D eigenvalue weighted by atomic mass is 10.4. The molecule has 1 aliphatic heterocycles. The Morgan fingerprint density at radius 2 is 2.11 bits per heavy atom. The third-order valence-corrected chi connectivity index (χ3v) is 5.65. The summed E-state index contributed by atoms with van der Waals surface area (Å²) in [5.74, 6) is -0.222.